The molecule has 2 aromatic heterocycles. The lowest BCUT2D eigenvalue weighted by molar-refractivity contribution is 0.287. The summed E-state index contributed by atoms with van der Waals surface area (Å²) < 4.78 is 7.55. The van der Waals surface area contributed by atoms with Gasteiger partial charge in [0, 0.05) is 16.7 Å². The largest absolute Gasteiger partial charge is 0.485 e. The van der Waals surface area contributed by atoms with Crippen molar-refractivity contribution in [3.63, 3.8) is 0 Å². The van der Waals surface area contributed by atoms with E-state index in [0.717, 1.165) is 27.6 Å². The van der Waals surface area contributed by atoms with Gasteiger partial charge in [-0.2, -0.15) is 0 Å². The molecule has 4 rings (SSSR count). The van der Waals surface area contributed by atoms with Crippen molar-refractivity contribution in [1.82, 2.24) is 19.9 Å². The normalized spacial score (nSPS) is 11.2. The molecule has 0 fully saturated rings. The molecule has 0 spiro atoms. The number of benzene rings is 2. The summed E-state index contributed by atoms with van der Waals surface area (Å²) in [4.78, 5) is 4.72. The maximum atomic E-state index is 6.23. The summed E-state index contributed by atoms with van der Waals surface area (Å²) in [7, 11) is 0. The number of hydrogen-bond donors (Lipinski definition) is 1. The Morgan fingerprint density at radius 2 is 1.94 bits per heavy atom. The molecule has 0 unspecified atom stereocenters. The maximum absolute atomic E-state index is 6.23. The van der Waals surface area contributed by atoms with Gasteiger partial charge >= 0.3 is 0 Å². The molecule has 2 heterocycles. The maximum Gasteiger partial charge on any atom is 0.210 e. The van der Waals surface area contributed by atoms with Crippen molar-refractivity contribution in [2.75, 3.05) is 5.84 Å². The van der Waals surface area contributed by atoms with Crippen LogP contribution in [0.5, 0.6) is 5.75 Å². The topological polar surface area (TPSA) is 78.9 Å². The molecule has 0 aliphatic carbocycles. The standard InChI is InChI=1S/C23H25N5OS2/c1-15(2)19-10-9-16(3)11-20(19)29-12-21-26-27-23(28(21)24)31-14-18-13-30-22(25-18)17-7-5-4-6-8-17/h4-11,13,15H,12,14,24H2,1-3H3. The molecule has 0 amide bonds. The van der Waals surface area contributed by atoms with Crippen LogP contribution in [-0.2, 0) is 12.4 Å². The zero-order valence-corrected chi connectivity index (χ0v) is 19.4. The molecule has 6 nitrogen and oxygen atoms in total. The van der Waals surface area contributed by atoms with E-state index in [-0.39, 0.29) is 6.61 Å². The average Bonchev–Trinajstić information content (AvgIpc) is 3.38. The first-order valence-corrected chi connectivity index (χ1v) is 11.9. The van der Waals surface area contributed by atoms with Crippen LogP contribution in [0.1, 0.15) is 42.4 Å². The predicted octanol–water partition coefficient (Wildman–Crippen LogP) is 5.42. The number of thioether (sulfide) groups is 1. The van der Waals surface area contributed by atoms with Crippen molar-refractivity contribution >= 4 is 23.1 Å². The van der Waals surface area contributed by atoms with E-state index in [1.807, 2.05) is 18.2 Å². The number of nitrogens with zero attached hydrogens (tertiary/aromatic N) is 4. The third-order valence-corrected chi connectivity index (χ3v) is 6.72. The van der Waals surface area contributed by atoms with Crippen LogP contribution in [-0.4, -0.2) is 19.9 Å². The van der Waals surface area contributed by atoms with E-state index in [2.05, 4.69) is 66.7 Å². The van der Waals surface area contributed by atoms with Crippen molar-refractivity contribution in [3.8, 4) is 16.3 Å². The van der Waals surface area contributed by atoms with Crippen LogP contribution in [0.4, 0.5) is 0 Å². The van der Waals surface area contributed by atoms with Crippen LogP contribution in [0.25, 0.3) is 10.6 Å². The van der Waals surface area contributed by atoms with E-state index in [1.54, 1.807) is 11.3 Å². The summed E-state index contributed by atoms with van der Waals surface area (Å²) in [6.45, 7) is 6.62. The fraction of sp³-hybridized carbons (Fsp3) is 0.261. The molecule has 0 aliphatic rings. The Morgan fingerprint density at radius 3 is 2.71 bits per heavy atom. The van der Waals surface area contributed by atoms with E-state index in [1.165, 1.54) is 22.0 Å². The van der Waals surface area contributed by atoms with Crippen molar-refractivity contribution in [3.05, 3.63) is 76.6 Å². The summed E-state index contributed by atoms with van der Waals surface area (Å²) >= 11 is 3.15. The molecule has 0 radical (unpaired) electrons. The highest BCUT2D eigenvalue weighted by molar-refractivity contribution is 7.98. The third-order valence-electron chi connectivity index (χ3n) is 4.80. The molecule has 4 aromatic rings. The van der Waals surface area contributed by atoms with Crippen molar-refractivity contribution < 1.29 is 4.74 Å². The SMILES string of the molecule is Cc1ccc(C(C)C)c(OCc2nnc(SCc3csc(-c4ccccc4)n3)n2N)c1. The molecule has 8 heteroatoms. The number of nitrogens with two attached hydrogens (primary N) is 1. The summed E-state index contributed by atoms with van der Waals surface area (Å²) in [6, 6.07) is 16.4. The Balaban J connectivity index is 1.39. The first kappa shape index (κ1) is 21.4. The van der Waals surface area contributed by atoms with Gasteiger partial charge in [-0.1, -0.05) is 68.1 Å². The Bertz CT molecular complexity index is 1150. The van der Waals surface area contributed by atoms with Gasteiger partial charge in [-0.3, -0.25) is 0 Å². The number of nitrogen functional groups attached to an aromatic ring is 1. The first-order valence-electron chi connectivity index (χ1n) is 10.1. The molecule has 0 aliphatic heterocycles. The molecular weight excluding hydrogens is 426 g/mol. The lowest BCUT2D eigenvalue weighted by atomic mass is 10.0. The van der Waals surface area contributed by atoms with Gasteiger partial charge in [-0.05, 0) is 30.0 Å². The summed E-state index contributed by atoms with van der Waals surface area (Å²) in [5.41, 5.74) is 4.45. The molecule has 0 atom stereocenters. The van der Waals surface area contributed by atoms with Gasteiger partial charge in [0.15, 0.2) is 5.82 Å². The van der Waals surface area contributed by atoms with Crippen LogP contribution in [0.2, 0.25) is 0 Å². The number of thiazole rings is 1. The average molecular weight is 452 g/mol. The van der Waals surface area contributed by atoms with Crippen LogP contribution >= 0.6 is 23.1 Å². The minimum Gasteiger partial charge on any atom is -0.485 e. The molecule has 2 aromatic carbocycles. The van der Waals surface area contributed by atoms with E-state index in [4.69, 9.17) is 15.6 Å². The second-order valence-electron chi connectivity index (χ2n) is 7.55. The first-order chi connectivity index (χ1) is 15.0. The van der Waals surface area contributed by atoms with E-state index in [0.29, 0.717) is 22.7 Å². The quantitative estimate of drug-likeness (QED) is 0.285. The zero-order chi connectivity index (χ0) is 21.8. The Morgan fingerprint density at radius 1 is 1.13 bits per heavy atom. The van der Waals surface area contributed by atoms with E-state index >= 15 is 0 Å². The number of aromatic nitrogens is 4. The summed E-state index contributed by atoms with van der Waals surface area (Å²) in [5, 5.41) is 12.2. The molecule has 0 saturated heterocycles. The predicted molar refractivity (Wildman–Crippen MR) is 127 cm³/mol. The van der Waals surface area contributed by atoms with Crippen molar-refractivity contribution in [2.45, 2.75) is 44.2 Å². The Hall–Kier alpha value is -2.84. The molecule has 160 valence electrons. The number of hydrogen-bond acceptors (Lipinski definition) is 7. The van der Waals surface area contributed by atoms with Gasteiger partial charge in [0.25, 0.3) is 0 Å². The molecule has 2 N–H and O–H groups in total. The van der Waals surface area contributed by atoms with Crippen molar-refractivity contribution in [1.29, 1.82) is 0 Å². The van der Waals surface area contributed by atoms with Gasteiger partial charge in [-0.25, -0.2) is 9.66 Å². The Labute approximate surface area is 190 Å². The van der Waals surface area contributed by atoms with Gasteiger partial charge < -0.3 is 10.6 Å². The summed E-state index contributed by atoms with van der Waals surface area (Å²) in [5.74, 6) is 8.72. The minimum atomic E-state index is 0.266. The fourth-order valence-electron chi connectivity index (χ4n) is 3.12. The highest BCUT2D eigenvalue weighted by atomic mass is 32.2. The highest BCUT2D eigenvalue weighted by Gasteiger charge is 2.14. The van der Waals surface area contributed by atoms with Gasteiger partial charge in [0.05, 0.1) is 5.69 Å². The molecule has 31 heavy (non-hydrogen) atoms. The van der Waals surface area contributed by atoms with Crippen LogP contribution in [0.15, 0.2) is 59.1 Å². The van der Waals surface area contributed by atoms with Crippen LogP contribution in [0.3, 0.4) is 0 Å². The highest BCUT2D eigenvalue weighted by Crippen LogP contribution is 2.29. The zero-order valence-electron chi connectivity index (χ0n) is 17.8. The number of rotatable bonds is 8. The third kappa shape index (κ3) is 5.08. The van der Waals surface area contributed by atoms with E-state index < -0.39 is 0 Å². The molecular formula is C23H25N5OS2. The van der Waals surface area contributed by atoms with Gasteiger partial charge in [0.2, 0.25) is 5.16 Å². The second kappa shape index (κ2) is 9.53. The number of ether oxygens (including phenoxy) is 1. The fourth-order valence-corrected chi connectivity index (χ4v) is 4.81. The van der Waals surface area contributed by atoms with Gasteiger partial charge in [-0.15, -0.1) is 21.5 Å². The van der Waals surface area contributed by atoms with Crippen LogP contribution in [0, 0.1) is 6.92 Å². The van der Waals surface area contributed by atoms with E-state index in [9.17, 15) is 0 Å². The molecule has 0 saturated carbocycles. The van der Waals surface area contributed by atoms with Gasteiger partial charge in [0.1, 0.15) is 17.4 Å². The minimum absolute atomic E-state index is 0.266. The van der Waals surface area contributed by atoms with Crippen molar-refractivity contribution in [2.24, 2.45) is 0 Å². The summed E-state index contributed by atoms with van der Waals surface area (Å²) in [6.07, 6.45) is 0. The number of aryl methyl sites for hydroxylation is 1. The van der Waals surface area contributed by atoms with Crippen LogP contribution < -0.4 is 10.6 Å². The lowest BCUT2D eigenvalue weighted by Gasteiger charge is -2.14. The molecule has 0 bridgehead atoms. The smallest absolute Gasteiger partial charge is 0.210 e. The second-order valence-corrected chi connectivity index (χ2v) is 9.35. The monoisotopic (exact) mass is 451 g/mol. The lowest BCUT2D eigenvalue weighted by Crippen LogP contribution is -2.16. The Kier molecular flexibility index (Phi) is 6.58.